The van der Waals surface area contributed by atoms with Crippen molar-refractivity contribution in [2.24, 2.45) is 0 Å². The highest BCUT2D eigenvalue weighted by atomic mass is 16.7. The number of amides is 1. The lowest BCUT2D eigenvalue weighted by molar-refractivity contribution is -0.359. The van der Waals surface area contributed by atoms with Crippen LogP contribution in [0, 0.1) is 0 Å². The zero-order valence-electron chi connectivity index (χ0n) is 35.3. The maximum atomic E-state index is 13.0. The molecule has 4 unspecified atom stereocenters. The average Bonchev–Trinajstić information content (AvgIpc) is 3.21. The number of unbranched alkanes of at least 4 members (excludes halogenated alkanes) is 21. The number of nitrogens with one attached hydrogen (secondary N) is 1. The number of ether oxygens (including phenoxy) is 4. The summed E-state index contributed by atoms with van der Waals surface area (Å²) in [6.45, 7) is 2.81. The molecule has 2 aliphatic heterocycles. The molecule has 1 amide bonds. The van der Waals surface area contributed by atoms with E-state index < -0.39 is 86.8 Å². The summed E-state index contributed by atoms with van der Waals surface area (Å²) in [7, 11) is 0. The molecular weight excluding hydrogens is 738 g/mol. The van der Waals surface area contributed by atoms with Crippen LogP contribution >= 0.6 is 0 Å². The SMILES string of the molecule is CCCCCCCCCCCCCCCC[C@@H](O)[C@H](CO[C@@H]1O[C@H](CO)[C@@H](O[C@@H]2O[C@H](CO)[C@H](O)C(O)C2O)C(O)C1O)NC(=O)CCCCCCCCCCC. The van der Waals surface area contributed by atoms with Crippen molar-refractivity contribution < 1.29 is 64.6 Å². The van der Waals surface area contributed by atoms with Crippen molar-refractivity contribution in [3.05, 3.63) is 0 Å². The van der Waals surface area contributed by atoms with Crippen molar-refractivity contribution in [3.63, 3.8) is 0 Å². The van der Waals surface area contributed by atoms with Gasteiger partial charge in [0.05, 0.1) is 32.0 Å². The molecule has 0 spiro atoms. The second-order valence-corrected chi connectivity index (χ2v) is 16.5. The lowest BCUT2D eigenvalue weighted by Gasteiger charge is -2.46. The third kappa shape index (κ3) is 20.4. The summed E-state index contributed by atoms with van der Waals surface area (Å²) < 4.78 is 22.6. The minimum atomic E-state index is -1.78. The van der Waals surface area contributed by atoms with Crippen LogP contribution in [-0.4, -0.2) is 140 Å². The van der Waals surface area contributed by atoms with Crippen molar-refractivity contribution in [2.45, 2.75) is 248 Å². The topological polar surface area (TPSA) is 228 Å². The van der Waals surface area contributed by atoms with Crippen molar-refractivity contribution in [1.29, 1.82) is 0 Å². The van der Waals surface area contributed by atoms with Crippen molar-refractivity contribution in [1.82, 2.24) is 5.32 Å². The number of aliphatic hydroxyl groups is 8. The van der Waals surface area contributed by atoms with E-state index in [-0.39, 0.29) is 12.5 Å². The van der Waals surface area contributed by atoms with Gasteiger partial charge in [0.2, 0.25) is 5.91 Å². The molecule has 0 aromatic heterocycles. The smallest absolute Gasteiger partial charge is 0.220 e. The van der Waals surface area contributed by atoms with E-state index in [1.807, 2.05) is 0 Å². The Labute approximate surface area is 343 Å². The van der Waals surface area contributed by atoms with E-state index in [4.69, 9.17) is 18.9 Å². The predicted octanol–water partition coefficient (Wildman–Crippen LogP) is 4.27. The van der Waals surface area contributed by atoms with Crippen LogP contribution in [0.2, 0.25) is 0 Å². The molecule has 2 fully saturated rings. The number of carbonyl (C=O) groups excluding carboxylic acids is 1. The molecule has 2 saturated heterocycles. The van der Waals surface area contributed by atoms with Crippen LogP contribution in [0.1, 0.15) is 174 Å². The first-order valence-electron chi connectivity index (χ1n) is 22.8. The molecule has 2 aliphatic rings. The molecular formula is C43H83NO13. The minimum Gasteiger partial charge on any atom is -0.394 e. The van der Waals surface area contributed by atoms with E-state index in [0.29, 0.717) is 12.8 Å². The second-order valence-electron chi connectivity index (χ2n) is 16.5. The number of hydrogen-bond acceptors (Lipinski definition) is 13. The fourth-order valence-electron chi connectivity index (χ4n) is 7.76. The van der Waals surface area contributed by atoms with E-state index in [1.165, 1.54) is 96.3 Å². The zero-order valence-corrected chi connectivity index (χ0v) is 35.3. The highest BCUT2D eigenvalue weighted by Gasteiger charge is 2.51. The summed E-state index contributed by atoms with van der Waals surface area (Å²) in [6.07, 6.45) is 11.2. The summed E-state index contributed by atoms with van der Waals surface area (Å²) in [5, 5.41) is 86.5. The first kappa shape index (κ1) is 52.1. The van der Waals surface area contributed by atoms with Crippen molar-refractivity contribution >= 4 is 5.91 Å². The molecule has 0 aromatic carbocycles. The van der Waals surface area contributed by atoms with Gasteiger partial charge in [-0.3, -0.25) is 4.79 Å². The highest BCUT2D eigenvalue weighted by molar-refractivity contribution is 5.76. The Bertz CT molecular complexity index is 977. The Morgan fingerprint density at radius 2 is 1.00 bits per heavy atom. The van der Waals surface area contributed by atoms with Gasteiger partial charge in [-0.2, -0.15) is 0 Å². The quantitative estimate of drug-likeness (QED) is 0.0414. The first-order valence-corrected chi connectivity index (χ1v) is 22.8. The molecule has 14 heteroatoms. The maximum absolute atomic E-state index is 13.0. The Balaban J connectivity index is 1.88. The molecule has 14 nitrogen and oxygen atoms in total. The Hall–Kier alpha value is -1.01. The van der Waals surface area contributed by atoms with Crippen LogP contribution < -0.4 is 5.32 Å². The number of rotatable bonds is 34. The van der Waals surface area contributed by atoms with Gasteiger partial charge in [0, 0.05) is 6.42 Å². The Kier molecular flexibility index (Phi) is 29.1. The molecule has 57 heavy (non-hydrogen) atoms. The van der Waals surface area contributed by atoms with E-state index in [0.717, 1.165) is 51.4 Å². The molecule has 9 N–H and O–H groups in total. The van der Waals surface area contributed by atoms with Gasteiger partial charge in [0.25, 0.3) is 0 Å². The van der Waals surface area contributed by atoms with Gasteiger partial charge >= 0.3 is 0 Å². The van der Waals surface area contributed by atoms with Crippen molar-refractivity contribution in [3.8, 4) is 0 Å². The molecule has 0 radical (unpaired) electrons. The van der Waals surface area contributed by atoms with Gasteiger partial charge in [-0.1, -0.05) is 155 Å². The van der Waals surface area contributed by atoms with Crippen LogP contribution in [0.15, 0.2) is 0 Å². The van der Waals surface area contributed by atoms with Crippen LogP contribution in [-0.2, 0) is 23.7 Å². The maximum Gasteiger partial charge on any atom is 0.220 e. The van der Waals surface area contributed by atoms with Crippen LogP contribution in [0.25, 0.3) is 0 Å². The van der Waals surface area contributed by atoms with Crippen LogP contribution in [0.4, 0.5) is 0 Å². The molecule has 0 aliphatic carbocycles. The van der Waals surface area contributed by atoms with Gasteiger partial charge < -0.3 is 65.1 Å². The molecule has 338 valence electrons. The van der Waals surface area contributed by atoms with Gasteiger partial charge in [-0.15, -0.1) is 0 Å². The van der Waals surface area contributed by atoms with Crippen LogP contribution in [0.3, 0.4) is 0 Å². The van der Waals surface area contributed by atoms with Crippen LogP contribution in [0.5, 0.6) is 0 Å². The summed E-state index contributed by atoms with van der Waals surface area (Å²) in [5.74, 6) is -0.210. The van der Waals surface area contributed by atoms with E-state index in [1.54, 1.807) is 0 Å². The number of aliphatic hydroxyl groups excluding tert-OH is 8. The molecule has 0 aromatic rings. The lowest BCUT2D eigenvalue weighted by Crippen LogP contribution is -2.65. The van der Waals surface area contributed by atoms with Gasteiger partial charge in [-0.25, -0.2) is 0 Å². The van der Waals surface area contributed by atoms with E-state index in [9.17, 15) is 45.6 Å². The minimum absolute atomic E-state index is 0.210. The van der Waals surface area contributed by atoms with E-state index in [2.05, 4.69) is 19.2 Å². The average molecular weight is 822 g/mol. The fraction of sp³-hybridized carbons (Fsp3) is 0.977. The second kappa shape index (κ2) is 31.8. The number of hydrogen-bond donors (Lipinski definition) is 9. The summed E-state index contributed by atoms with van der Waals surface area (Å²) >= 11 is 0. The number of carbonyl (C=O) groups is 1. The third-order valence-electron chi connectivity index (χ3n) is 11.6. The monoisotopic (exact) mass is 822 g/mol. The van der Waals surface area contributed by atoms with Crippen molar-refractivity contribution in [2.75, 3.05) is 19.8 Å². The van der Waals surface area contributed by atoms with Gasteiger partial charge in [0.1, 0.15) is 48.8 Å². The molecule has 2 heterocycles. The largest absolute Gasteiger partial charge is 0.394 e. The fourth-order valence-corrected chi connectivity index (χ4v) is 7.76. The van der Waals surface area contributed by atoms with Gasteiger partial charge in [0.15, 0.2) is 12.6 Å². The summed E-state index contributed by atoms with van der Waals surface area (Å²) in [4.78, 5) is 13.0. The highest BCUT2D eigenvalue weighted by Crippen LogP contribution is 2.30. The molecule has 0 saturated carbocycles. The zero-order chi connectivity index (χ0) is 41.8. The lowest BCUT2D eigenvalue weighted by atomic mass is 9.97. The third-order valence-corrected chi connectivity index (χ3v) is 11.6. The standard InChI is InChI=1S/C43H83NO13/c1-3-5-7-9-11-13-14-15-16-17-19-20-22-24-26-32(47)31(44-35(48)27-25-23-21-18-12-10-8-6-4-2)30-54-42-40(53)38(51)41(34(29-46)56-42)57-43-39(52)37(50)36(49)33(28-45)55-43/h31-34,36-43,45-47,49-53H,3-30H2,1-2H3,(H,44,48)/t31-,32+,33+,34+,36-,37?,38?,39?,40?,41+,42+,43-/m0/s1. The van der Waals surface area contributed by atoms with Gasteiger partial charge in [-0.05, 0) is 12.8 Å². The molecule has 0 bridgehead atoms. The van der Waals surface area contributed by atoms with E-state index >= 15 is 0 Å². The summed E-state index contributed by atoms with van der Waals surface area (Å²) in [5.41, 5.74) is 0. The Morgan fingerprint density at radius 1 is 0.561 bits per heavy atom. The predicted molar refractivity (Wildman–Crippen MR) is 217 cm³/mol. The Morgan fingerprint density at radius 3 is 1.49 bits per heavy atom. The normalized spacial score (nSPS) is 29.0. The molecule has 2 rings (SSSR count). The summed E-state index contributed by atoms with van der Waals surface area (Å²) in [6, 6.07) is -0.818. The first-order chi connectivity index (χ1) is 27.6. The molecule has 12 atom stereocenters.